The van der Waals surface area contributed by atoms with Crippen molar-refractivity contribution in [2.24, 2.45) is 5.73 Å². The number of pyridine rings is 1. The summed E-state index contributed by atoms with van der Waals surface area (Å²) in [7, 11) is 0. The molecule has 8 heteroatoms. The molecule has 0 atom stereocenters. The first kappa shape index (κ1) is 16.9. The molecule has 0 saturated heterocycles. The van der Waals surface area contributed by atoms with E-state index in [1.54, 1.807) is 25.1 Å². The third-order valence-electron chi connectivity index (χ3n) is 3.09. The normalized spacial score (nSPS) is 10.0. The maximum Gasteiger partial charge on any atom is 0.341 e. The Morgan fingerprint density at radius 3 is 2.54 bits per heavy atom. The second-order valence-electron chi connectivity index (χ2n) is 4.91. The van der Waals surface area contributed by atoms with Crippen molar-refractivity contribution in [1.29, 1.82) is 0 Å². The van der Waals surface area contributed by atoms with E-state index in [1.807, 2.05) is 0 Å². The number of aryl methyl sites for hydroxylation is 1. The second-order valence-corrected chi connectivity index (χ2v) is 4.91. The van der Waals surface area contributed by atoms with Crippen LogP contribution in [0, 0.1) is 6.92 Å². The SMILES string of the molecule is Cc1cc(OCC(=O)O)ccc1NC(=O)c1ccc(C(N)=O)cn1. The lowest BCUT2D eigenvalue weighted by Gasteiger charge is -2.10. The monoisotopic (exact) mass is 329 g/mol. The number of benzene rings is 1. The second kappa shape index (κ2) is 7.23. The molecule has 0 fully saturated rings. The van der Waals surface area contributed by atoms with E-state index in [9.17, 15) is 14.4 Å². The van der Waals surface area contributed by atoms with Crippen LogP contribution >= 0.6 is 0 Å². The molecule has 0 aliphatic carbocycles. The average Bonchev–Trinajstić information content (AvgIpc) is 2.55. The fourth-order valence-electron chi connectivity index (χ4n) is 1.87. The van der Waals surface area contributed by atoms with Gasteiger partial charge in [-0.05, 0) is 42.8 Å². The van der Waals surface area contributed by atoms with Gasteiger partial charge >= 0.3 is 5.97 Å². The molecule has 0 spiro atoms. The summed E-state index contributed by atoms with van der Waals surface area (Å²) in [5.41, 5.74) is 6.68. The first-order chi connectivity index (χ1) is 11.4. The van der Waals surface area contributed by atoms with E-state index in [0.717, 1.165) is 0 Å². The van der Waals surface area contributed by atoms with Gasteiger partial charge in [0.15, 0.2) is 6.61 Å². The first-order valence-electron chi connectivity index (χ1n) is 6.89. The molecule has 124 valence electrons. The zero-order valence-corrected chi connectivity index (χ0v) is 12.8. The molecule has 0 unspecified atom stereocenters. The summed E-state index contributed by atoms with van der Waals surface area (Å²) in [6.45, 7) is 1.30. The number of primary amides is 1. The molecule has 0 aliphatic rings. The largest absolute Gasteiger partial charge is 0.482 e. The molecular formula is C16H15N3O5. The van der Waals surface area contributed by atoms with Crippen LogP contribution in [0.25, 0.3) is 0 Å². The summed E-state index contributed by atoms with van der Waals surface area (Å²) in [4.78, 5) is 37.5. The Hall–Kier alpha value is -3.42. The van der Waals surface area contributed by atoms with E-state index in [2.05, 4.69) is 10.3 Å². The van der Waals surface area contributed by atoms with Crippen LogP contribution in [-0.2, 0) is 4.79 Å². The summed E-state index contributed by atoms with van der Waals surface area (Å²) in [6, 6.07) is 7.58. The van der Waals surface area contributed by atoms with Crippen molar-refractivity contribution in [1.82, 2.24) is 4.98 Å². The summed E-state index contributed by atoms with van der Waals surface area (Å²) >= 11 is 0. The van der Waals surface area contributed by atoms with Crippen molar-refractivity contribution < 1.29 is 24.2 Å². The van der Waals surface area contributed by atoms with Crippen LogP contribution in [0.15, 0.2) is 36.5 Å². The Morgan fingerprint density at radius 2 is 2.00 bits per heavy atom. The molecule has 2 aromatic rings. The first-order valence-corrected chi connectivity index (χ1v) is 6.89. The average molecular weight is 329 g/mol. The number of carbonyl (C=O) groups is 3. The quantitative estimate of drug-likeness (QED) is 0.729. The number of carboxylic acid groups (broad SMARTS) is 1. The molecule has 1 aromatic carbocycles. The number of hydrogen-bond acceptors (Lipinski definition) is 5. The van der Waals surface area contributed by atoms with Crippen LogP contribution in [-0.4, -0.2) is 34.5 Å². The molecule has 0 radical (unpaired) electrons. The van der Waals surface area contributed by atoms with Gasteiger partial charge in [0.1, 0.15) is 11.4 Å². The standard InChI is InChI=1S/C16H15N3O5/c1-9-6-11(24-8-14(20)21)3-5-12(9)19-16(23)13-4-2-10(7-18-13)15(17)22/h2-7H,8H2,1H3,(H2,17,22)(H,19,23)(H,20,21). The van der Waals surface area contributed by atoms with Gasteiger partial charge in [0.2, 0.25) is 5.91 Å². The minimum Gasteiger partial charge on any atom is -0.482 e. The summed E-state index contributed by atoms with van der Waals surface area (Å²) in [5, 5.41) is 11.3. The molecule has 1 aromatic heterocycles. The Kier molecular flexibility index (Phi) is 5.10. The predicted molar refractivity (Wildman–Crippen MR) is 85.0 cm³/mol. The molecule has 24 heavy (non-hydrogen) atoms. The van der Waals surface area contributed by atoms with Crippen molar-refractivity contribution in [3.05, 3.63) is 53.3 Å². The lowest BCUT2D eigenvalue weighted by Crippen LogP contribution is -2.16. The van der Waals surface area contributed by atoms with Gasteiger partial charge in [0, 0.05) is 11.9 Å². The molecule has 2 rings (SSSR count). The number of nitrogens with one attached hydrogen (secondary N) is 1. The van der Waals surface area contributed by atoms with Gasteiger partial charge in [-0.25, -0.2) is 4.79 Å². The van der Waals surface area contributed by atoms with Gasteiger partial charge < -0.3 is 20.9 Å². The number of carboxylic acids is 1. The number of ether oxygens (including phenoxy) is 1. The number of nitrogens with two attached hydrogens (primary N) is 1. The summed E-state index contributed by atoms with van der Waals surface area (Å²) < 4.78 is 5.06. The third-order valence-corrected chi connectivity index (χ3v) is 3.09. The van der Waals surface area contributed by atoms with Crippen LogP contribution in [0.3, 0.4) is 0 Å². The molecule has 1 heterocycles. The topological polar surface area (TPSA) is 132 Å². The van der Waals surface area contributed by atoms with E-state index < -0.39 is 24.4 Å². The number of amides is 2. The molecule has 0 bridgehead atoms. The molecule has 8 nitrogen and oxygen atoms in total. The fourth-order valence-corrected chi connectivity index (χ4v) is 1.87. The summed E-state index contributed by atoms with van der Waals surface area (Å²) in [6.07, 6.45) is 1.23. The molecule has 0 saturated carbocycles. The van der Waals surface area contributed by atoms with E-state index >= 15 is 0 Å². The van der Waals surface area contributed by atoms with Gasteiger partial charge in [0.25, 0.3) is 5.91 Å². The number of anilines is 1. The molecule has 2 amide bonds. The van der Waals surface area contributed by atoms with Gasteiger partial charge in [-0.2, -0.15) is 0 Å². The Morgan fingerprint density at radius 1 is 1.25 bits per heavy atom. The minimum atomic E-state index is -1.07. The van der Waals surface area contributed by atoms with Gasteiger partial charge in [-0.1, -0.05) is 0 Å². The number of aromatic nitrogens is 1. The fraction of sp³-hybridized carbons (Fsp3) is 0.125. The Labute approximate surface area is 137 Å². The number of aliphatic carboxylic acids is 1. The third kappa shape index (κ3) is 4.29. The van der Waals surface area contributed by atoms with E-state index in [0.29, 0.717) is 17.0 Å². The minimum absolute atomic E-state index is 0.130. The molecule has 4 N–H and O–H groups in total. The zero-order chi connectivity index (χ0) is 17.7. The van der Waals surface area contributed by atoms with E-state index in [4.69, 9.17) is 15.6 Å². The van der Waals surface area contributed by atoms with Crippen molar-refractivity contribution in [2.45, 2.75) is 6.92 Å². The van der Waals surface area contributed by atoms with Crippen LogP contribution in [0.2, 0.25) is 0 Å². The Balaban J connectivity index is 2.08. The van der Waals surface area contributed by atoms with Crippen LogP contribution in [0.5, 0.6) is 5.75 Å². The molecular weight excluding hydrogens is 314 g/mol. The Bertz CT molecular complexity index is 787. The van der Waals surface area contributed by atoms with Crippen molar-refractivity contribution in [3.8, 4) is 5.75 Å². The van der Waals surface area contributed by atoms with Crippen molar-refractivity contribution >= 4 is 23.5 Å². The highest BCUT2D eigenvalue weighted by molar-refractivity contribution is 6.03. The number of hydrogen-bond donors (Lipinski definition) is 3. The predicted octanol–water partition coefficient (Wildman–Crippen LogP) is 1.20. The smallest absolute Gasteiger partial charge is 0.341 e. The lowest BCUT2D eigenvalue weighted by atomic mass is 10.2. The number of rotatable bonds is 6. The van der Waals surface area contributed by atoms with Gasteiger partial charge in [-0.15, -0.1) is 0 Å². The van der Waals surface area contributed by atoms with Crippen LogP contribution in [0.1, 0.15) is 26.4 Å². The van der Waals surface area contributed by atoms with Crippen molar-refractivity contribution in [2.75, 3.05) is 11.9 Å². The zero-order valence-electron chi connectivity index (χ0n) is 12.8. The highest BCUT2D eigenvalue weighted by atomic mass is 16.5. The highest BCUT2D eigenvalue weighted by Gasteiger charge is 2.11. The molecule has 0 aliphatic heterocycles. The van der Waals surface area contributed by atoms with E-state index in [-0.39, 0.29) is 11.3 Å². The summed E-state index contributed by atoms with van der Waals surface area (Å²) in [5.74, 6) is -1.76. The van der Waals surface area contributed by atoms with Crippen LogP contribution in [0.4, 0.5) is 5.69 Å². The number of nitrogens with zero attached hydrogens (tertiary/aromatic N) is 1. The van der Waals surface area contributed by atoms with Gasteiger partial charge in [0.05, 0.1) is 5.56 Å². The van der Waals surface area contributed by atoms with Crippen LogP contribution < -0.4 is 15.8 Å². The maximum atomic E-state index is 12.1. The van der Waals surface area contributed by atoms with Gasteiger partial charge in [-0.3, -0.25) is 14.6 Å². The maximum absolute atomic E-state index is 12.1. The highest BCUT2D eigenvalue weighted by Crippen LogP contribution is 2.21. The number of carbonyl (C=O) groups excluding carboxylic acids is 2. The van der Waals surface area contributed by atoms with Crippen molar-refractivity contribution in [3.63, 3.8) is 0 Å². The van der Waals surface area contributed by atoms with E-state index in [1.165, 1.54) is 18.3 Å². The lowest BCUT2D eigenvalue weighted by molar-refractivity contribution is -0.139.